The second-order valence-electron chi connectivity index (χ2n) is 9.35. The molecule has 0 aromatic heterocycles. The van der Waals surface area contributed by atoms with Crippen molar-refractivity contribution in [2.45, 2.75) is 50.0 Å². The Morgan fingerprint density at radius 1 is 0.969 bits per heavy atom. The molecular formula is C27H23F3O2. The molecule has 3 aromatic carbocycles. The van der Waals surface area contributed by atoms with E-state index in [-0.39, 0.29) is 12.0 Å². The maximum absolute atomic E-state index is 13.6. The second kappa shape index (κ2) is 6.85. The smallest absolute Gasteiger partial charge is 0.416 e. The van der Waals surface area contributed by atoms with Crippen molar-refractivity contribution < 1.29 is 23.0 Å². The summed E-state index contributed by atoms with van der Waals surface area (Å²) in [6, 6.07) is 17.2. The second-order valence-corrected chi connectivity index (χ2v) is 9.35. The van der Waals surface area contributed by atoms with E-state index in [0.717, 1.165) is 41.2 Å². The fourth-order valence-electron chi connectivity index (χ4n) is 5.65. The van der Waals surface area contributed by atoms with E-state index < -0.39 is 17.3 Å². The molecular weight excluding hydrogens is 413 g/mol. The van der Waals surface area contributed by atoms with Gasteiger partial charge in [-0.15, -0.1) is 0 Å². The first-order valence-corrected chi connectivity index (χ1v) is 11.1. The molecule has 3 unspecified atom stereocenters. The molecule has 3 aromatic rings. The molecule has 0 bridgehead atoms. The van der Waals surface area contributed by atoms with Gasteiger partial charge in [0.1, 0.15) is 18.0 Å². The van der Waals surface area contributed by atoms with Crippen LogP contribution in [0.5, 0.6) is 5.75 Å². The van der Waals surface area contributed by atoms with Crippen molar-refractivity contribution >= 4 is 0 Å². The monoisotopic (exact) mass is 436 g/mol. The molecule has 1 saturated carbocycles. The van der Waals surface area contributed by atoms with Gasteiger partial charge < -0.3 is 9.84 Å². The lowest BCUT2D eigenvalue weighted by atomic mass is 9.84. The van der Waals surface area contributed by atoms with E-state index in [2.05, 4.69) is 12.1 Å². The highest BCUT2D eigenvalue weighted by molar-refractivity contribution is 5.50. The fraction of sp³-hybridized carbons (Fsp3) is 0.333. The fourth-order valence-corrected chi connectivity index (χ4v) is 5.65. The molecule has 0 radical (unpaired) electrons. The van der Waals surface area contributed by atoms with Crippen LogP contribution in [0.4, 0.5) is 13.2 Å². The third-order valence-electron chi connectivity index (χ3n) is 7.38. The number of alkyl halides is 3. The van der Waals surface area contributed by atoms with Crippen molar-refractivity contribution in [3.8, 4) is 5.75 Å². The zero-order valence-electron chi connectivity index (χ0n) is 17.5. The summed E-state index contributed by atoms with van der Waals surface area (Å²) in [6.07, 6.45) is -1.33. The summed E-state index contributed by atoms with van der Waals surface area (Å²) in [4.78, 5) is 0. The predicted octanol–water partition coefficient (Wildman–Crippen LogP) is 6.13. The normalized spacial score (nSPS) is 25.2. The lowest BCUT2D eigenvalue weighted by Crippen LogP contribution is -2.28. The van der Waals surface area contributed by atoms with Crippen molar-refractivity contribution in [3.63, 3.8) is 0 Å². The molecule has 3 aliphatic rings. The highest BCUT2D eigenvalue weighted by Gasteiger charge is 2.46. The number of aliphatic hydroxyl groups is 1. The van der Waals surface area contributed by atoms with Gasteiger partial charge in [-0.2, -0.15) is 13.2 Å². The third-order valence-corrected chi connectivity index (χ3v) is 7.38. The summed E-state index contributed by atoms with van der Waals surface area (Å²) in [7, 11) is 0. The molecule has 6 rings (SSSR count). The first kappa shape index (κ1) is 19.9. The van der Waals surface area contributed by atoms with E-state index in [1.807, 2.05) is 18.2 Å². The summed E-state index contributed by atoms with van der Waals surface area (Å²) in [6.45, 7) is 0.302. The van der Waals surface area contributed by atoms with Crippen LogP contribution >= 0.6 is 0 Å². The first-order valence-electron chi connectivity index (χ1n) is 11.1. The molecule has 3 atom stereocenters. The molecule has 164 valence electrons. The van der Waals surface area contributed by atoms with Gasteiger partial charge in [0.2, 0.25) is 0 Å². The van der Waals surface area contributed by atoms with Crippen LogP contribution in [-0.2, 0) is 31.2 Å². The summed E-state index contributed by atoms with van der Waals surface area (Å²) >= 11 is 0. The lowest BCUT2D eigenvalue weighted by molar-refractivity contribution is -0.140. The average Bonchev–Trinajstić information content (AvgIpc) is 3.33. The Hall–Kier alpha value is -2.79. The Morgan fingerprint density at radius 2 is 1.81 bits per heavy atom. The van der Waals surface area contributed by atoms with Crippen molar-refractivity contribution in [2.24, 2.45) is 5.92 Å². The Kier molecular flexibility index (Phi) is 4.25. The van der Waals surface area contributed by atoms with Crippen LogP contribution < -0.4 is 4.74 Å². The molecule has 0 heterocycles. The molecule has 0 spiro atoms. The molecule has 0 amide bonds. The Labute approximate surface area is 184 Å². The van der Waals surface area contributed by atoms with Crippen molar-refractivity contribution in [1.82, 2.24) is 0 Å². The lowest BCUT2D eigenvalue weighted by Gasteiger charge is -2.28. The van der Waals surface area contributed by atoms with Gasteiger partial charge in [-0.05, 0) is 89.6 Å². The minimum Gasteiger partial charge on any atom is -0.489 e. The minimum absolute atomic E-state index is 0.0819. The zero-order valence-corrected chi connectivity index (χ0v) is 17.5. The largest absolute Gasteiger partial charge is 0.489 e. The molecule has 0 saturated heterocycles. The van der Waals surface area contributed by atoms with Gasteiger partial charge in [0.05, 0.1) is 5.56 Å². The number of hydrogen-bond donors (Lipinski definition) is 1. The summed E-state index contributed by atoms with van der Waals surface area (Å²) in [5.74, 6) is 2.37. The van der Waals surface area contributed by atoms with Crippen LogP contribution in [0.1, 0.15) is 57.7 Å². The van der Waals surface area contributed by atoms with Gasteiger partial charge in [0.25, 0.3) is 0 Å². The standard InChI is InChI=1S/C27H23F3O2/c28-27(29,30)24-4-2-1-3-23(24)26(31)10-9-17-6-5-16(11-25(17)26)15-32-20-7-8-21-18(13-20)12-19-14-22(19)21/h1-8,11,13,19,22,31H,9-10,12,14-15H2. The number of hydrogen-bond acceptors (Lipinski definition) is 2. The SMILES string of the molecule is OC1(c2ccccc2C(F)(F)F)CCc2ccc(COc3ccc4c(c3)CC3CC43)cc21. The van der Waals surface area contributed by atoms with Crippen LogP contribution in [0.2, 0.25) is 0 Å². The minimum atomic E-state index is -4.52. The number of fused-ring (bicyclic) bond motifs is 4. The number of halogens is 3. The van der Waals surface area contributed by atoms with E-state index in [1.165, 1.54) is 29.7 Å². The zero-order chi connectivity index (χ0) is 22.1. The molecule has 2 nitrogen and oxygen atoms in total. The maximum atomic E-state index is 13.6. The van der Waals surface area contributed by atoms with E-state index in [9.17, 15) is 18.3 Å². The number of benzene rings is 3. The predicted molar refractivity (Wildman–Crippen MR) is 115 cm³/mol. The van der Waals surface area contributed by atoms with E-state index in [0.29, 0.717) is 18.6 Å². The van der Waals surface area contributed by atoms with E-state index in [1.54, 1.807) is 12.1 Å². The van der Waals surface area contributed by atoms with Gasteiger partial charge in [-0.25, -0.2) is 0 Å². The molecule has 32 heavy (non-hydrogen) atoms. The maximum Gasteiger partial charge on any atom is 0.416 e. The number of rotatable bonds is 4. The van der Waals surface area contributed by atoms with Crippen LogP contribution in [-0.4, -0.2) is 5.11 Å². The Bertz CT molecular complexity index is 1220. The van der Waals surface area contributed by atoms with Crippen LogP contribution in [0, 0.1) is 5.92 Å². The Morgan fingerprint density at radius 3 is 2.66 bits per heavy atom. The van der Waals surface area contributed by atoms with Crippen molar-refractivity contribution in [2.75, 3.05) is 0 Å². The molecule has 5 heteroatoms. The molecule has 0 aliphatic heterocycles. The van der Waals surface area contributed by atoms with Crippen LogP contribution in [0.15, 0.2) is 60.7 Å². The van der Waals surface area contributed by atoms with Gasteiger partial charge in [-0.3, -0.25) is 0 Å². The van der Waals surface area contributed by atoms with Crippen molar-refractivity contribution in [3.05, 3.63) is 99.6 Å². The van der Waals surface area contributed by atoms with Crippen molar-refractivity contribution in [1.29, 1.82) is 0 Å². The number of aryl methyl sites for hydroxylation is 1. The van der Waals surface area contributed by atoms with Gasteiger partial charge >= 0.3 is 6.18 Å². The van der Waals surface area contributed by atoms with Crippen LogP contribution in [0.3, 0.4) is 0 Å². The topological polar surface area (TPSA) is 29.5 Å². The summed E-state index contributed by atoms with van der Waals surface area (Å²) in [5, 5.41) is 11.5. The summed E-state index contributed by atoms with van der Waals surface area (Å²) in [5.41, 5.74) is 2.55. The summed E-state index contributed by atoms with van der Waals surface area (Å²) < 4.78 is 46.9. The molecule has 1 N–H and O–H groups in total. The van der Waals surface area contributed by atoms with Gasteiger partial charge in [0, 0.05) is 5.56 Å². The Balaban J connectivity index is 1.28. The third kappa shape index (κ3) is 3.14. The van der Waals surface area contributed by atoms with Gasteiger partial charge in [-0.1, -0.05) is 36.4 Å². The van der Waals surface area contributed by atoms with E-state index >= 15 is 0 Å². The highest BCUT2D eigenvalue weighted by atomic mass is 19.4. The number of ether oxygens (including phenoxy) is 1. The van der Waals surface area contributed by atoms with E-state index in [4.69, 9.17) is 4.74 Å². The first-order chi connectivity index (χ1) is 15.3. The quantitative estimate of drug-likeness (QED) is 0.533. The molecule has 3 aliphatic carbocycles. The molecule has 1 fully saturated rings. The van der Waals surface area contributed by atoms with Gasteiger partial charge in [0.15, 0.2) is 0 Å². The highest BCUT2D eigenvalue weighted by Crippen LogP contribution is 2.56. The van der Waals surface area contributed by atoms with Crippen LogP contribution in [0.25, 0.3) is 0 Å². The average molecular weight is 436 g/mol.